The fraction of sp³-hybridized carbons (Fsp3) is 0.273. The number of imide groups is 1. The summed E-state index contributed by atoms with van der Waals surface area (Å²) in [5, 5.41) is 7.86. The van der Waals surface area contributed by atoms with Crippen molar-refractivity contribution in [2.45, 2.75) is 30.8 Å². The van der Waals surface area contributed by atoms with E-state index in [0.717, 1.165) is 21.8 Å². The molecule has 0 saturated carbocycles. The maximum atomic E-state index is 12.8. The van der Waals surface area contributed by atoms with Crippen LogP contribution in [0.2, 0.25) is 0 Å². The summed E-state index contributed by atoms with van der Waals surface area (Å²) in [7, 11) is 0. The number of aryl methyl sites for hydroxylation is 1. The van der Waals surface area contributed by atoms with E-state index in [-0.39, 0.29) is 11.8 Å². The van der Waals surface area contributed by atoms with Crippen LogP contribution in [0.4, 0.5) is 4.79 Å². The first-order valence-electron chi connectivity index (χ1n) is 9.93. The van der Waals surface area contributed by atoms with Gasteiger partial charge >= 0.3 is 6.03 Å². The van der Waals surface area contributed by atoms with Gasteiger partial charge in [-0.25, -0.2) is 9.78 Å². The minimum atomic E-state index is -1.01. The zero-order valence-corrected chi connectivity index (χ0v) is 18.1. The van der Waals surface area contributed by atoms with Gasteiger partial charge in [-0.05, 0) is 38.1 Å². The normalized spacial score (nSPS) is 18.1. The van der Waals surface area contributed by atoms with E-state index >= 15 is 0 Å². The number of carbonyl (C=O) groups excluding carboxylic acids is 3. The molecule has 3 aromatic rings. The van der Waals surface area contributed by atoms with Gasteiger partial charge in [0.05, 0.1) is 16.6 Å². The van der Waals surface area contributed by atoms with E-state index in [1.807, 2.05) is 43.3 Å². The zero-order chi connectivity index (χ0) is 22.0. The number of thioether (sulfide) groups is 1. The maximum absolute atomic E-state index is 12.8. The molecule has 0 spiro atoms. The summed E-state index contributed by atoms with van der Waals surface area (Å²) in [6.07, 6.45) is 0. The van der Waals surface area contributed by atoms with Crippen LogP contribution in [0.25, 0.3) is 11.0 Å². The Hall–Kier alpha value is -3.33. The van der Waals surface area contributed by atoms with Gasteiger partial charge in [0.1, 0.15) is 11.4 Å². The van der Waals surface area contributed by atoms with Crippen molar-refractivity contribution in [3.63, 3.8) is 0 Å². The molecule has 3 N–H and O–H groups in total. The Morgan fingerprint density at radius 3 is 2.68 bits per heavy atom. The number of hydrogen-bond donors (Lipinski definition) is 3. The SMILES string of the molecule is Cc1nc2ccccc2n1CCNC(=O)c1ccccc1SC[C@]1(C)NC(=O)NC1=O. The van der Waals surface area contributed by atoms with Crippen LogP contribution in [-0.4, -0.2) is 45.2 Å². The van der Waals surface area contributed by atoms with Crippen molar-refractivity contribution in [1.82, 2.24) is 25.5 Å². The Morgan fingerprint density at radius 2 is 1.90 bits per heavy atom. The number of nitrogens with zero attached hydrogens (tertiary/aromatic N) is 2. The minimum Gasteiger partial charge on any atom is -0.350 e. The van der Waals surface area contributed by atoms with Crippen LogP contribution in [0.1, 0.15) is 23.1 Å². The number of fused-ring (bicyclic) bond motifs is 1. The van der Waals surface area contributed by atoms with Crippen LogP contribution in [-0.2, 0) is 11.3 Å². The fourth-order valence-corrected chi connectivity index (χ4v) is 4.68. The molecule has 1 aliphatic rings. The summed E-state index contributed by atoms with van der Waals surface area (Å²) in [4.78, 5) is 41.6. The Kier molecular flexibility index (Phi) is 5.69. The number of urea groups is 1. The molecule has 2 aromatic carbocycles. The summed E-state index contributed by atoms with van der Waals surface area (Å²) in [5.74, 6) is 0.663. The second kappa shape index (κ2) is 8.43. The van der Waals surface area contributed by atoms with Crippen LogP contribution in [0.3, 0.4) is 0 Å². The van der Waals surface area contributed by atoms with Crippen molar-refractivity contribution in [3.05, 3.63) is 59.9 Å². The Morgan fingerprint density at radius 1 is 1.16 bits per heavy atom. The average molecular weight is 438 g/mol. The van der Waals surface area contributed by atoms with E-state index in [1.165, 1.54) is 11.8 Å². The number of benzene rings is 2. The number of hydrogen-bond acceptors (Lipinski definition) is 5. The third kappa shape index (κ3) is 4.27. The molecular formula is C22H23N5O3S. The molecule has 1 aliphatic heterocycles. The standard InChI is InChI=1S/C22H23N5O3S/c1-14-24-16-8-4-5-9-17(16)27(14)12-11-23-19(28)15-7-3-6-10-18(15)31-13-22(2)20(29)25-21(30)26-22/h3-10H,11-13H2,1-2H3,(H,23,28)(H2,25,26,29,30)/t22-/m0/s1. The van der Waals surface area contributed by atoms with Crippen molar-refractivity contribution in [2.75, 3.05) is 12.3 Å². The maximum Gasteiger partial charge on any atom is 0.322 e. The second-order valence-electron chi connectivity index (χ2n) is 7.58. The van der Waals surface area contributed by atoms with Crippen molar-refractivity contribution in [3.8, 4) is 0 Å². The van der Waals surface area contributed by atoms with Crippen molar-refractivity contribution in [1.29, 1.82) is 0 Å². The molecule has 0 unspecified atom stereocenters. The molecule has 9 heteroatoms. The van der Waals surface area contributed by atoms with E-state index < -0.39 is 11.6 Å². The molecule has 2 heterocycles. The third-order valence-corrected chi connectivity index (χ3v) is 6.62. The van der Waals surface area contributed by atoms with Crippen molar-refractivity contribution < 1.29 is 14.4 Å². The van der Waals surface area contributed by atoms with E-state index in [4.69, 9.17) is 0 Å². The molecule has 4 rings (SSSR count). The van der Waals surface area contributed by atoms with Gasteiger partial charge in [0.2, 0.25) is 0 Å². The van der Waals surface area contributed by atoms with E-state index in [0.29, 0.717) is 24.4 Å². The summed E-state index contributed by atoms with van der Waals surface area (Å²) in [5.41, 5.74) is 1.50. The highest BCUT2D eigenvalue weighted by atomic mass is 32.2. The predicted molar refractivity (Wildman–Crippen MR) is 119 cm³/mol. The molecule has 8 nitrogen and oxygen atoms in total. The fourth-order valence-electron chi connectivity index (χ4n) is 3.54. The number of aromatic nitrogens is 2. The highest BCUT2D eigenvalue weighted by Crippen LogP contribution is 2.27. The molecule has 0 radical (unpaired) electrons. The largest absolute Gasteiger partial charge is 0.350 e. The molecule has 160 valence electrons. The predicted octanol–water partition coefficient (Wildman–Crippen LogP) is 2.46. The van der Waals surface area contributed by atoms with Crippen molar-refractivity contribution in [2.24, 2.45) is 0 Å². The van der Waals surface area contributed by atoms with Gasteiger partial charge in [-0.3, -0.25) is 14.9 Å². The second-order valence-corrected chi connectivity index (χ2v) is 8.60. The van der Waals surface area contributed by atoms with Gasteiger partial charge in [-0.15, -0.1) is 11.8 Å². The highest BCUT2D eigenvalue weighted by Gasteiger charge is 2.41. The molecule has 0 aliphatic carbocycles. The van der Waals surface area contributed by atoms with Crippen LogP contribution in [0.5, 0.6) is 0 Å². The number of imidazole rings is 1. The van der Waals surface area contributed by atoms with Gasteiger partial charge < -0.3 is 15.2 Å². The zero-order valence-electron chi connectivity index (χ0n) is 17.3. The van der Waals surface area contributed by atoms with Gasteiger partial charge in [0.15, 0.2) is 0 Å². The summed E-state index contributed by atoms with van der Waals surface area (Å²) < 4.78 is 2.08. The quantitative estimate of drug-likeness (QED) is 0.389. The first-order valence-corrected chi connectivity index (χ1v) is 10.9. The number of carbonyl (C=O) groups is 3. The molecule has 1 atom stereocenters. The molecule has 1 aromatic heterocycles. The summed E-state index contributed by atoms with van der Waals surface area (Å²) >= 11 is 1.36. The van der Waals surface area contributed by atoms with Crippen LogP contribution in [0, 0.1) is 6.92 Å². The lowest BCUT2D eigenvalue weighted by atomic mass is 10.1. The first kappa shape index (κ1) is 20.9. The van der Waals surface area contributed by atoms with Gasteiger partial charge in [0.25, 0.3) is 11.8 Å². The van der Waals surface area contributed by atoms with Gasteiger partial charge in [-0.1, -0.05) is 24.3 Å². The Labute approximate surface area is 183 Å². The minimum absolute atomic E-state index is 0.185. The van der Waals surface area contributed by atoms with Crippen molar-refractivity contribution >= 4 is 40.6 Å². The number of para-hydroxylation sites is 2. The monoisotopic (exact) mass is 437 g/mol. The number of rotatable bonds is 7. The molecule has 1 fully saturated rings. The molecule has 0 bridgehead atoms. The molecule has 31 heavy (non-hydrogen) atoms. The third-order valence-electron chi connectivity index (χ3n) is 5.23. The van der Waals surface area contributed by atoms with Crippen LogP contribution < -0.4 is 16.0 Å². The molecular weight excluding hydrogens is 414 g/mol. The van der Waals surface area contributed by atoms with Gasteiger partial charge in [0, 0.05) is 23.7 Å². The molecule has 4 amide bonds. The average Bonchev–Trinajstić information content (AvgIpc) is 3.21. The van der Waals surface area contributed by atoms with E-state index in [2.05, 4.69) is 25.5 Å². The smallest absolute Gasteiger partial charge is 0.322 e. The summed E-state index contributed by atoms with van der Waals surface area (Å²) in [6.45, 7) is 4.68. The van der Waals surface area contributed by atoms with E-state index in [1.54, 1.807) is 19.1 Å². The highest BCUT2D eigenvalue weighted by molar-refractivity contribution is 7.99. The van der Waals surface area contributed by atoms with E-state index in [9.17, 15) is 14.4 Å². The lowest BCUT2D eigenvalue weighted by molar-refractivity contribution is -0.122. The lowest BCUT2D eigenvalue weighted by Gasteiger charge is -2.20. The topological polar surface area (TPSA) is 105 Å². The Balaban J connectivity index is 1.40. The van der Waals surface area contributed by atoms with Crippen LogP contribution in [0.15, 0.2) is 53.4 Å². The molecule has 1 saturated heterocycles. The summed E-state index contributed by atoms with van der Waals surface area (Å²) in [6, 6.07) is 14.7. The lowest BCUT2D eigenvalue weighted by Crippen LogP contribution is -2.46. The number of nitrogens with one attached hydrogen (secondary N) is 3. The Bertz CT molecular complexity index is 1170. The van der Waals surface area contributed by atoms with Gasteiger partial charge in [-0.2, -0.15) is 0 Å². The van der Waals surface area contributed by atoms with Crippen LogP contribution >= 0.6 is 11.8 Å². The number of amides is 4. The first-order chi connectivity index (χ1) is 14.9.